The molecule has 0 rings (SSSR count). The van der Waals surface area contributed by atoms with Crippen molar-refractivity contribution >= 4 is 35.2 Å². The summed E-state index contributed by atoms with van der Waals surface area (Å²) in [5.41, 5.74) is 0. The summed E-state index contributed by atoms with van der Waals surface area (Å²) in [6.07, 6.45) is 0. The van der Waals surface area contributed by atoms with Gasteiger partial charge >= 0.3 is 17.1 Å². The van der Waals surface area contributed by atoms with Gasteiger partial charge in [0.25, 0.3) is 0 Å². The molecule has 0 aliphatic heterocycles. The second kappa shape index (κ2) is 7.13. The van der Waals surface area contributed by atoms with E-state index in [-0.39, 0.29) is 30.8 Å². The van der Waals surface area contributed by atoms with E-state index >= 15 is 0 Å². The Balaban J connectivity index is 0. The van der Waals surface area contributed by atoms with Crippen molar-refractivity contribution in [3.8, 4) is 0 Å². The van der Waals surface area contributed by atoms with Gasteiger partial charge in [0.1, 0.15) is 9.76 Å². The fourth-order valence-corrected chi connectivity index (χ4v) is 16.5. The summed E-state index contributed by atoms with van der Waals surface area (Å²) in [6.45, 7) is 17.2. The van der Waals surface area contributed by atoms with Crippen molar-refractivity contribution in [2.75, 3.05) is 0 Å². The molecule has 0 saturated carbocycles. The van der Waals surface area contributed by atoms with E-state index in [1.807, 2.05) is 0 Å². The predicted octanol–water partition coefficient (Wildman–Crippen LogP) is 2.40. The maximum Gasteiger partial charge on any atom is 0.312 e. The molecule has 0 aromatic carbocycles. The first kappa shape index (κ1) is 19.8. The van der Waals surface area contributed by atoms with E-state index in [2.05, 4.69) is 52.4 Å². The molecule has 0 unspecified atom stereocenters. The third-order valence-electron chi connectivity index (χ3n) is 1.54. The minimum atomic E-state index is -1.99. The molecule has 102 valence electrons. The molecule has 0 fully saturated rings. The van der Waals surface area contributed by atoms with Crippen LogP contribution in [0, 0.1) is 0 Å². The summed E-state index contributed by atoms with van der Waals surface area (Å²) in [5, 5.41) is 0. The standard InChI is InChI=1S/C8H26O3Si4.Pt/c1-12-9-14(5,6)11-15(7,8)10-13(2,3)4;/h12H2,1-8H3;. The SMILES string of the molecule is C[SiH2]O[Si](C)(C)O[Si](C)(C)O[Si](C)(C)C.[Pt]. The average Bonchev–Trinajstić information content (AvgIpc) is 1.74. The first-order valence-electron chi connectivity index (χ1n) is 5.52. The van der Waals surface area contributed by atoms with Crippen molar-refractivity contribution in [2.24, 2.45) is 0 Å². The third kappa shape index (κ3) is 10.6. The van der Waals surface area contributed by atoms with Gasteiger partial charge in [0.15, 0.2) is 8.32 Å². The van der Waals surface area contributed by atoms with E-state index in [9.17, 15) is 0 Å². The van der Waals surface area contributed by atoms with E-state index in [1.165, 1.54) is 0 Å². The van der Waals surface area contributed by atoms with Crippen LogP contribution in [-0.4, -0.2) is 35.2 Å². The van der Waals surface area contributed by atoms with Crippen LogP contribution < -0.4 is 0 Å². The van der Waals surface area contributed by atoms with Gasteiger partial charge in [-0.3, -0.25) is 0 Å². The molecule has 0 aromatic heterocycles. The van der Waals surface area contributed by atoms with Crippen molar-refractivity contribution < 1.29 is 33.4 Å². The van der Waals surface area contributed by atoms with E-state index < -0.39 is 25.4 Å². The Labute approximate surface area is 120 Å². The second-order valence-electron chi connectivity index (χ2n) is 5.55. The molecule has 0 amide bonds. The minimum Gasteiger partial charge on any atom is -0.442 e. The van der Waals surface area contributed by atoms with E-state index in [0.29, 0.717) is 0 Å². The number of rotatable bonds is 6. The Kier molecular flexibility index (Phi) is 8.81. The summed E-state index contributed by atoms with van der Waals surface area (Å²) in [6, 6.07) is 0. The molecule has 8 heteroatoms. The topological polar surface area (TPSA) is 27.7 Å². The predicted molar refractivity (Wildman–Crippen MR) is 76.0 cm³/mol. The van der Waals surface area contributed by atoms with Gasteiger partial charge in [-0.2, -0.15) is 0 Å². The molecule has 3 nitrogen and oxygen atoms in total. The monoisotopic (exact) mass is 477 g/mol. The van der Waals surface area contributed by atoms with Gasteiger partial charge in [0.05, 0.1) is 0 Å². The van der Waals surface area contributed by atoms with E-state index in [4.69, 9.17) is 12.3 Å². The van der Waals surface area contributed by atoms with Crippen LogP contribution in [-0.2, 0) is 33.4 Å². The Morgan fingerprint density at radius 2 is 1.19 bits per heavy atom. The van der Waals surface area contributed by atoms with Crippen LogP contribution in [0.4, 0.5) is 0 Å². The molecular formula is C8H26O3PtSi4. The Morgan fingerprint density at radius 3 is 1.50 bits per heavy atom. The maximum absolute atomic E-state index is 6.14. The van der Waals surface area contributed by atoms with Gasteiger partial charge in [-0.05, 0) is 45.8 Å². The molecule has 0 bridgehead atoms. The first-order chi connectivity index (χ1) is 6.47. The largest absolute Gasteiger partial charge is 0.442 e. The van der Waals surface area contributed by atoms with Gasteiger partial charge in [-0.1, -0.05) is 6.55 Å². The first-order valence-corrected chi connectivity index (χ1v) is 16.5. The van der Waals surface area contributed by atoms with Crippen LogP contribution in [0.15, 0.2) is 0 Å². The zero-order valence-corrected chi connectivity index (χ0v) is 18.4. The summed E-state index contributed by atoms with van der Waals surface area (Å²) in [4.78, 5) is 0. The van der Waals surface area contributed by atoms with Crippen molar-refractivity contribution in [1.29, 1.82) is 0 Å². The van der Waals surface area contributed by atoms with E-state index in [0.717, 1.165) is 0 Å². The normalized spacial score (nSPS) is 14.2. The third-order valence-corrected chi connectivity index (χ3v) is 13.8. The molecule has 0 aliphatic rings. The summed E-state index contributed by atoms with van der Waals surface area (Å²) >= 11 is 0. The molecule has 16 heavy (non-hydrogen) atoms. The van der Waals surface area contributed by atoms with Crippen LogP contribution in [0.25, 0.3) is 0 Å². The number of hydrogen-bond acceptors (Lipinski definition) is 3. The smallest absolute Gasteiger partial charge is 0.312 e. The zero-order valence-electron chi connectivity index (χ0n) is 11.7. The van der Waals surface area contributed by atoms with E-state index in [1.54, 1.807) is 0 Å². The maximum atomic E-state index is 6.14. The number of hydrogen-bond donors (Lipinski definition) is 0. The van der Waals surface area contributed by atoms with Crippen LogP contribution in [0.5, 0.6) is 0 Å². The van der Waals surface area contributed by atoms with Crippen LogP contribution >= 0.6 is 0 Å². The fourth-order valence-electron chi connectivity index (χ4n) is 1.73. The van der Waals surface area contributed by atoms with Gasteiger partial charge < -0.3 is 12.3 Å². The molecule has 0 atom stereocenters. The minimum absolute atomic E-state index is 0. The Hall–Kier alpha value is 1.44. The van der Waals surface area contributed by atoms with Gasteiger partial charge in [-0.25, -0.2) is 0 Å². The second-order valence-corrected chi connectivity index (χ2v) is 18.7. The molecule has 0 spiro atoms. The molecule has 0 saturated heterocycles. The van der Waals surface area contributed by atoms with Crippen molar-refractivity contribution in [1.82, 2.24) is 0 Å². The fraction of sp³-hybridized carbons (Fsp3) is 1.00. The van der Waals surface area contributed by atoms with Gasteiger partial charge in [-0.15, -0.1) is 0 Å². The molecule has 0 radical (unpaired) electrons. The molecule has 0 aromatic rings. The van der Waals surface area contributed by atoms with Crippen molar-refractivity contribution in [3.63, 3.8) is 0 Å². The Bertz CT molecular complexity index is 206. The quantitative estimate of drug-likeness (QED) is 0.550. The molecule has 0 heterocycles. The van der Waals surface area contributed by atoms with Crippen LogP contribution in [0.1, 0.15) is 0 Å². The summed E-state index contributed by atoms with van der Waals surface area (Å²) < 4.78 is 18.1. The molecular weight excluding hydrogens is 452 g/mol. The molecule has 0 aliphatic carbocycles. The summed E-state index contributed by atoms with van der Waals surface area (Å²) in [7, 11) is -5.80. The Morgan fingerprint density at radius 1 is 0.750 bits per heavy atom. The van der Waals surface area contributed by atoms with Gasteiger partial charge in [0.2, 0.25) is 0 Å². The van der Waals surface area contributed by atoms with Crippen LogP contribution in [0.3, 0.4) is 0 Å². The average molecular weight is 478 g/mol. The zero-order chi connectivity index (χ0) is 12.3. The van der Waals surface area contributed by atoms with Crippen LogP contribution in [0.2, 0.25) is 52.4 Å². The summed E-state index contributed by atoms with van der Waals surface area (Å²) in [5.74, 6) is 0. The van der Waals surface area contributed by atoms with Gasteiger partial charge in [0, 0.05) is 21.1 Å². The van der Waals surface area contributed by atoms with Crippen molar-refractivity contribution in [3.05, 3.63) is 0 Å². The van der Waals surface area contributed by atoms with Crippen molar-refractivity contribution in [2.45, 2.75) is 52.4 Å². The molecule has 0 N–H and O–H groups in total.